The first-order chi connectivity index (χ1) is 13.6. The van der Waals surface area contributed by atoms with E-state index in [0.29, 0.717) is 35.6 Å². The molecule has 0 unspecified atom stereocenters. The summed E-state index contributed by atoms with van der Waals surface area (Å²) in [5, 5.41) is 10.3. The Labute approximate surface area is 176 Å². The number of fused-ring (bicyclic) bond motifs is 1. The van der Waals surface area contributed by atoms with Crippen LogP contribution in [0.3, 0.4) is 0 Å². The number of aromatic carboxylic acids is 1. The van der Waals surface area contributed by atoms with Gasteiger partial charge in [-0.05, 0) is 36.7 Å². The normalized spacial score (nSPS) is 11.8. The van der Waals surface area contributed by atoms with Gasteiger partial charge in [0.25, 0.3) is 0 Å². The molecule has 0 radical (unpaired) electrons. The first kappa shape index (κ1) is 21.4. The molecule has 0 saturated carbocycles. The van der Waals surface area contributed by atoms with Crippen LogP contribution in [-0.4, -0.2) is 35.3 Å². The summed E-state index contributed by atoms with van der Waals surface area (Å²) >= 11 is 6.23. The molecule has 2 heterocycles. The Balaban J connectivity index is 1.86. The summed E-state index contributed by atoms with van der Waals surface area (Å²) in [6.45, 7) is 9.89. The smallest absolute Gasteiger partial charge is 0.335 e. The molecule has 0 aliphatic carbocycles. The number of carboxylic acid groups (broad SMARTS) is 1. The second-order valence-corrected chi connectivity index (χ2v) is 14.2. The lowest BCUT2D eigenvalue weighted by Gasteiger charge is -2.16. The van der Waals surface area contributed by atoms with Crippen molar-refractivity contribution in [3.63, 3.8) is 0 Å². The van der Waals surface area contributed by atoms with Gasteiger partial charge in [-0.3, -0.25) is 0 Å². The maximum atomic E-state index is 11.3. The summed E-state index contributed by atoms with van der Waals surface area (Å²) in [5.74, 6) is -0.0199. The zero-order valence-electron chi connectivity index (χ0n) is 17.0. The molecule has 1 N–H and O–H groups in total. The highest BCUT2D eigenvalue weighted by Gasteiger charge is 2.15. The van der Waals surface area contributed by atoms with Gasteiger partial charge >= 0.3 is 5.97 Å². The third-order valence-corrected chi connectivity index (χ3v) is 6.44. The van der Waals surface area contributed by atoms with E-state index in [1.807, 2.05) is 23.8 Å². The third-order valence-electron chi connectivity index (χ3n) is 4.54. The number of rotatable bonds is 8. The van der Waals surface area contributed by atoms with Crippen LogP contribution >= 0.6 is 11.6 Å². The molecule has 0 amide bonds. The van der Waals surface area contributed by atoms with Crippen molar-refractivity contribution in [3.8, 4) is 11.5 Å². The molecule has 0 fully saturated rings. The number of nitrogens with zero attached hydrogens (tertiary/aromatic N) is 2. The Morgan fingerprint density at radius 2 is 1.97 bits per heavy atom. The van der Waals surface area contributed by atoms with Crippen molar-refractivity contribution < 1.29 is 19.4 Å². The molecule has 6 nitrogen and oxygen atoms in total. The monoisotopic (exact) mass is 432 g/mol. The predicted octanol–water partition coefficient (Wildman–Crippen LogP) is 5.80. The fourth-order valence-electron chi connectivity index (χ4n) is 2.79. The molecular formula is C21H25ClN2O4Si. The minimum atomic E-state index is -1.15. The van der Waals surface area contributed by atoms with Gasteiger partial charge in [0.1, 0.15) is 29.0 Å². The van der Waals surface area contributed by atoms with Crippen LogP contribution < -0.4 is 4.74 Å². The van der Waals surface area contributed by atoms with Crippen molar-refractivity contribution in [1.82, 2.24) is 9.55 Å². The number of aryl methyl sites for hydroxylation is 1. The molecule has 0 spiro atoms. The number of halogens is 1. The Kier molecular flexibility index (Phi) is 6.31. The van der Waals surface area contributed by atoms with E-state index < -0.39 is 14.0 Å². The zero-order valence-corrected chi connectivity index (χ0v) is 18.8. The lowest BCUT2D eigenvalue weighted by Crippen LogP contribution is -2.22. The molecule has 0 bridgehead atoms. The number of benzene rings is 1. The highest BCUT2D eigenvalue weighted by atomic mass is 35.5. The van der Waals surface area contributed by atoms with Crippen molar-refractivity contribution in [1.29, 1.82) is 0 Å². The van der Waals surface area contributed by atoms with E-state index in [2.05, 4.69) is 24.6 Å². The maximum Gasteiger partial charge on any atom is 0.335 e. The zero-order chi connectivity index (χ0) is 21.2. The van der Waals surface area contributed by atoms with Crippen molar-refractivity contribution in [2.24, 2.45) is 0 Å². The molecule has 0 aliphatic rings. The van der Waals surface area contributed by atoms with Crippen molar-refractivity contribution in [2.75, 3.05) is 6.61 Å². The number of hydrogen-bond donors (Lipinski definition) is 1. The standard InChI is InChI=1S/C21H25ClN2O4Si/c1-14-5-6-15(21(25)26)11-17(14)28-18-12-19(22)23-20-16(18)7-8-24(20)13-27-9-10-29(2,3)4/h5-8,11-12H,9-10,13H2,1-4H3,(H,25,26). The second-order valence-electron chi connectivity index (χ2n) is 8.20. The second kappa shape index (κ2) is 8.57. The molecule has 0 saturated heterocycles. The number of hydrogen-bond acceptors (Lipinski definition) is 4. The van der Waals surface area contributed by atoms with Gasteiger partial charge in [0.05, 0.1) is 10.9 Å². The minimum absolute atomic E-state index is 0.162. The number of carboxylic acids is 1. The molecule has 1 aromatic carbocycles. The van der Waals surface area contributed by atoms with Gasteiger partial charge in [-0.2, -0.15) is 0 Å². The summed E-state index contributed by atoms with van der Waals surface area (Å²) < 4.78 is 13.8. The van der Waals surface area contributed by atoms with Crippen LogP contribution in [0, 0.1) is 6.92 Å². The van der Waals surface area contributed by atoms with Crippen molar-refractivity contribution in [2.45, 2.75) is 39.3 Å². The lowest BCUT2D eigenvalue weighted by atomic mass is 10.1. The molecule has 0 aliphatic heterocycles. The van der Waals surface area contributed by atoms with Crippen LogP contribution in [0.2, 0.25) is 30.8 Å². The molecule has 2 aromatic heterocycles. The van der Waals surface area contributed by atoms with E-state index in [1.54, 1.807) is 18.2 Å². The van der Waals surface area contributed by atoms with Crippen molar-refractivity contribution >= 4 is 36.7 Å². The van der Waals surface area contributed by atoms with Gasteiger partial charge in [0.2, 0.25) is 0 Å². The van der Waals surface area contributed by atoms with Gasteiger partial charge in [0.15, 0.2) is 0 Å². The molecule has 29 heavy (non-hydrogen) atoms. The summed E-state index contributed by atoms with van der Waals surface area (Å²) in [6, 6.07) is 9.39. The van der Waals surface area contributed by atoms with Crippen LogP contribution in [0.25, 0.3) is 11.0 Å². The lowest BCUT2D eigenvalue weighted by molar-refractivity contribution is 0.0696. The third kappa shape index (κ3) is 5.38. The van der Waals surface area contributed by atoms with Gasteiger partial charge in [-0.1, -0.05) is 37.3 Å². The number of pyridine rings is 1. The highest BCUT2D eigenvalue weighted by molar-refractivity contribution is 6.76. The fourth-order valence-corrected chi connectivity index (χ4v) is 3.73. The first-order valence-corrected chi connectivity index (χ1v) is 13.5. The quantitative estimate of drug-likeness (QED) is 0.276. The Morgan fingerprint density at radius 1 is 1.21 bits per heavy atom. The number of carbonyl (C=O) groups is 1. The van der Waals surface area contributed by atoms with Crippen LogP contribution in [0.5, 0.6) is 11.5 Å². The SMILES string of the molecule is Cc1ccc(C(=O)O)cc1Oc1cc(Cl)nc2c1ccn2COCC[Si](C)(C)C. The topological polar surface area (TPSA) is 73.6 Å². The Hall–Kier alpha value is -2.35. The van der Waals surface area contributed by atoms with Crippen molar-refractivity contribution in [3.05, 3.63) is 52.8 Å². The minimum Gasteiger partial charge on any atom is -0.478 e. The largest absolute Gasteiger partial charge is 0.478 e. The molecular weight excluding hydrogens is 408 g/mol. The summed E-state index contributed by atoms with van der Waals surface area (Å²) in [5.41, 5.74) is 1.65. The molecule has 3 rings (SSSR count). The van der Waals surface area contributed by atoms with E-state index in [1.165, 1.54) is 6.07 Å². The Morgan fingerprint density at radius 3 is 2.66 bits per heavy atom. The van der Waals surface area contributed by atoms with E-state index in [0.717, 1.165) is 17.0 Å². The molecule has 3 aromatic rings. The summed E-state index contributed by atoms with van der Waals surface area (Å²) in [7, 11) is -1.15. The number of aromatic nitrogens is 2. The average molecular weight is 433 g/mol. The molecule has 154 valence electrons. The maximum absolute atomic E-state index is 11.3. The van der Waals surface area contributed by atoms with Gasteiger partial charge in [0, 0.05) is 26.9 Å². The molecule has 8 heteroatoms. The predicted molar refractivity (Wildman–Crippen MR) is 117 cm³/mol. The van der Waals surface area contributed by atoms with Crippen LogP contribution in [-0.2, 0) is 11.5 Å². The fraction of sp³-hybridized carbons (Fsp3) is 0.333. The highest BCUT2D eigenvalue weighted by Crippen LogP contribution is 2.34. The van der Waals surface area contributed by atoms with E-state index >= 15 is 0 Å². The van der Waals surface area contributed by atoms with Crippen LogP contribution in [0.4, 0.5) is 0 Å². The van der Waals surface area contributed by atoms with Gasteiger partial charge in [-0.15, -0.1) is 0 Å². The summed E-state index contributed by atoms with van der Waals surface area (Å²) in [4.78, 5) is 15.7. The van der Waals surface area contributed by atoms with E-state index in [4.69, 9.17) is 21.1 Å². The van der Waals surface area contributed by atoms with Crippen LogP contribution in [0.1, 0.15) is 15.9 Å². The van der Waals surface area contributed by atoms with E-state index in [9.17, 15) is 9.90 Å². The number of ether oxygens (including phenoxy) is 2. The van der Waals surface area contributed by atoms with Gasteiger partial charge < -0.3 is 19.1 Å². The van der Waals surface area contributed by atoms with Crippen LogP contribution in [0.15, 0.2) is 36.5 Å². The first-order valence-electron chi connectivity index (χ1n) is 9.39. The van der Waals surface area contributed by atoms with E-state index in [-0.39, 0.29) is 5.56 Å². The summed E-state index contributed by atoms with van der Waals surface area (Å²) in [6.07, 6.45) is 1.88. The average Bonchev–Trinajstić information content (AvgIpc) is 3.02. The molecule has 0 atom stereocenters. The Bertz CT molecular complexity index is 1040. The van der Waals surface area contributed by atoms with Gasteiger partial charge in [-0.25, -0.2) is 9.78 Å².